The van der Waals surface area contributed by atoms with Crippen LogP contribution >= 0.6 is 11.6 Å². The molecule has 3 heteroatoms. The molecule has 1 saturated carbocycles. The molecule has 0 aromatic heterocycles. The lowest BCUT2D eigenvalue weighted by molar-refractivity contribution is 0.180. The first kappa shape index (κ1) is 12.3. The Morgan fingerprint density at radius 2 is 2.00 bits per heavy atom. The molecule has 1 aliphatic carbocycles. The highest BCUT2D eigenvalue weighted by Crippen LogP contribution is 2.23. The summed E-state index contributed by atoms with van der Waals surface area (Å²) >= 11 is 6.05. The Hall–Kier alpha value is 0.210. The number of alkyl halides is 1. The SMILES string of the molecule is COCCC(C)NC1CCC(Cl)CC1. The van der Waals surface area contributed by atoms with Crippen molar-refractivity contribution in [2.24, 2.45) is 0 Å². The highest BCUT2D eigenvalue weighted by Gasteiger charge is 2.20. The van der Waals surface area contributed by atoms with Gasteiger partial charge >= 0.3 is 0 Å². The smallest absolute Gasteiger partial charge is 0.0476 e. The molecule has 84 valence electrons. The van der Waals surface area contributed by atoms with E-state index in [-0.39, 0.29) is 0 Å². The number of ether oxygens (including phenoxy) is 1. The topological polar surface area (TPSA) is 21.3 Å². The zero-order valence-corrected chi connectivity index (χ0v) is 10.0. The summed E-state index contributed by atoms with van der Waals surface area (Å²) in [5, 5.41) is 4.05. The minimum Gasteiger partial charge on any atom is -0.385 e. The van der Waals surface area contributed by atoms with Crippen molar-refractivity contribution >= 4 is 11.6 Å². The van der Waals surface area contributed by atoms with Crippen LogP contribution in [0.4, 0.5) is 0 Å². The minimum absolute atomic E-state index is 0.419. The van der Waals surface area contributed by atoms with Gasteiger partial charge in [-0.25, -0.2) is 0 Å². The van der Waals surface area contributed by atoms with Crippen LogP contribution in [0.1, 0.15) is 39.0 Å². The second kappa shape index (κ2) is 6.65. The fraction of sp³-hybridized carbons (Fsp3) is 1.00. The molecule has 1 unspecified atom stereocenters. The molecule has 0 saturated heterocycles. The molecule has 1 aliphatic rings. The largest absolute Gasteiger partial charge is 0.385 e. The molecule has 0 aliphatic heterocycles. The molecule has 14 heavy (non-hydrogen) atoms. The third kappa shape index (κ3) is 4.63. The summed E-state index contributed by atoms with van der Waals surface area (Å²) in [4.78, 5) is 0. The van der Waals surface area contributed by atoms with Crippen LogP contribution in [0.2, 0.25) is 0 Å². The van der Waals surface area contributed by atoms with E-state index in [0.29, 0.717) is 17.5 Å². The summed E-state index contributed by atoms with van der Waals surface area (Å²) in [6, 6.07) is 1.24. The Morgan fingerprint density at radius 3 is 2.57 bits per heavy atom. The fourth-order valence-electron chi connectivity index (χ4n) is 2.00. The lowest BCUT2D eigenvalue weighted by atomic mass is 9.94. The van der Waals surface area contributed by atoms with Crippen molar-refractivity contribution in [2.75, 3.05) is 13.7 Å². The second-order valence-electron chi connectivity index (χ2n) is 4.30. The van der Waals surface area contributed by atoms with Gasteiger partial charge in [0.15, 0.2) is 0 Å². The van der Waals surface area contributed by atoms with Crippen molar-refractivity contribution < 1.29 is 4.74 Å². The lowest BCUT2D eigenvalue weighted by Crippen LogP contribution is -2.39. The maximum atomic E-state index is 6.05. The summed E-state index contributed by atoms with van der Waals surface area (Å²) in [5.74, 6) is 0. The van der Waals surface area contributed by atoms with Gasteiger partial charge in [0.2, 0.25) is 0 Å². The number of hydrogen-bond donors (Lipinski definition) is 1. The van der Waals surface area contributed by atoms with Gasteiger partial charge in [-0.3, -0.25) is 0 Å². The molecule has 1 rings (SSSR count). The molecular weight excluding hydrogens is 198 g/mol. The van der Waals surface area contributed by atoms with Crippen LogP contribution < -0.4 is 5.32 Å². The molecule has 1 fully saturated rings. The predicted molar refractivity (Wildman–Crippen MR) is 61.0 cm³/mol. The zero-order chi connectivity index (χ0) is 10.4. The monoisotopic (exact) mass is 219 g/mol. The first-order chi connectivity index (χ1) is 6.72. The highest BCUT2D eigenvalue weighted by molar-refractivity contribution is 6.20. The van der Waals surface area contributed by atoms with Crippen molar-refractivity contribution in [3.8, 4) is 0 Å². The van der Waals surface area contributed by atoms with Crippen LogP contribution in [0, 0.1) is 0 Å². The van der Waals surface area contributed by atoms with Crippen LogP contribution in [0.25, 0.3) is 0 Å². The molecule has 0 spiro atoms. The summed E-state index contributed by atoms with van der Waals surface area (Å²) in [7, 11) is 1.76. The Labute approximate surface area is 92.3 Å². The van der Waals surface area contributed by atoms with Crippen molar-refractivity contribution in [2.45, 2.75) is 56.5 Å². The van der Waals surface area contributed by atoms with E-state index in [1.54, 1.807) is 7.11 Å². The molecule has 1 atom stereocenters. The number of halogens is 1. The normalized spacial score (nSPS) is 30.2. The third-order valence-corrected chi connectivity index (χ3v) is 3.37. The Kier molecular flexibility index (Phi) is 5.83. The molecule has 0 radical (unpaired) electrons. The lowest BCUT2D eigenvalue weighted by Gasteiger charge is -2.28. The van der Waals surface area contributed by atoms with Crippen molar-refractivity contribution in [1.82, 2.24) is 5.32 Å². The second-order valence-corrected chi connectivity index (χ2v) is 4.92. The number of nitrogens with one attached hydrogen (secondary N) is 1. The van der Waals surface area contributed by atoms with E-state index in [1.807, 2.05) is 0 Å². The van der Waals surface area contributed by atoms with Gasteiger partial charge in [0.05, 0.1) is 0 Å². The summed E-state index contributed by atoms with van der Waals surface area (Å²) < 4.78 is 5.06. The van der Waals surface area contributed by atoms with E-state index < -0.39 is 0 Å². The van der Waals surface area contributed by atoms with Crippen LogP contribution in [-0.4, -0.2) is 31.2 Å². The Bertz CT molecular complexity index is 146. The van der Waals surface area contributed by atoms with Crippen molar-refractivity contribution in [1.29, 1.82) is 0 Å². The van der Waals surface area contributed by atoms with Gasteiger partial charge in [0, 0.05) is 31.2 Å². The number of hydrogen-bond acceptors (Lipinski definition) is 2. The maximum Gasteiger partial charge on any atom is 0.0476 e. The molecule has 0 amide bonds. The van der Waals surface area contributed by atoms with Gasteiger partial charge in [-0.05, 0) is 39.0 Å². The van der Waals surface area contributed by atoms with Gasteiger partial charge in [0.1, 0.15) is 0 Å². The van der Waals surface area contributed by atoms with Gasteiger partial charge in [-0.2, -0.15) is 0 Å². The molecule has 0 aromatic carbocycles. The van der Waals surface area contributed by atoms with E-state index >= 15 is 0 Å². The Morgan fingerprint density at radius 1 is 1.36 bits per heavy atom. The molecule has 2 nitrogen and oxygen atoms in total. The standard InChI is InChI=1S/C11H22ClNO/c1-9(7-8-14-2)13-11-5-3-10(12)4-6-11/h9-11,13H,3-8H2,1-2H3. The average Bonchev–Trinajstić information content (AvgIpc) is 2.18. The average molecular weight is 220 g/mol. The molecule has 0 bridgehead atoms. The first-order valence-electron chi connectivity index (χ1n) is 5.61. The highest BCUT2D eigenvalue weighted by atomic mass is 35.5. The maximum absolute atomic E-state index is 6.05. The molecule has 1 N–H and O–H groups in total. The number of rotatable bonds is 5. The summed E-state index contributed by atoms with van der Waals surface area (Å²) in [5.41, 5.74) is 0. The van der Waals surface area contributed by atoms with Gasteiger partial charge < -0.3 is 10.1 Å². The minimum atomic E-state index is 0.419. The van der Waals surface area contributed by atoms with Crippen molar-refractivity contribution in [3.05, 3.63) is 0 Å². The van der Waals surface area contributed by atoms with E-state index in [9.17, 15) is 0 Å². The molecular formula is C11H22ClNO. The van der Waals surface area contributed by atoms with E-state index in [2.05, 4.69) is 12.2 Å². The Balaban J connectivity index is 2.10. The quantitative estimate of drug-likeness (QED) is 0.718. The summed E-state index contributed by atoms with van der Waals surface area (Å²) in [6.07, 6.45) is 5.88. The number of methoxy groups -OCH3 is 1. The van der Waals surface area contributed by atoms with Crippen LogP contribution in [0.15, 0.2) is 0 Å². The predicted octanol–water partition coefficient (Wildman–Crippen LogP) is 2.55. The molecule has 0 heterocycles. The van der Waals surface area contributed by atoms with E-state index in [4.69, 9.17) is 16.3 Å². The van der Waals surface area contributed by atoms with Crippen LogP contribution in [0.5, 0.6) is 0 Å². The third-order valence-electron chi connectivity index (χ3n) is 2.93. The van der Waals surface area contributed by atoms with Crippen LogP contribution in [0.3, 0.4) is 0 Å². The van der Waals surface area contributed by atoms with E-state index in [1.165, 1.54) is 12.8 Å². The fourth-order valence-corrected chi connectivity index (χ4v) is 2.25. The van der Waals surface area contributed by atoms with Gasteiger partial charge in [-0.1, -0.05) is 0 Å². The first-order valence-corrected chi connectivity index (χ1v) is 6.05. The molecule has 0 aromatic rings. The van der Waals surface area contributed by atoms with Crippen molar-refractivity contribution in [3.63, 3.8) is 0 Å². The zero-order valence-electron chi connectivity index (χ0n) is 9.26. The van der Waals surface area contributed by atoms with Gasteiger partial charge in [0.25, 0.3) is 0 Å². The summed E-state index contributed by atoms with van der Waals surface area (Å²) in [6.45, 7) is 3.07. The van der Waals surface area contributed by atoms with Gasteiger partial charge in [-0.15, -0.1) is 11.6 Å². The van der Waals surface area contributed by atoms with Crippen LogP contribution in [-0.2, 0) is 4.74 Å². The van der Waals surface area contributed by atoms with E-state index in [0.717, 1.165) is 25.9 Å².